The number of ether oxygens (including phenoxy) is 2. The van der Waals surface area contributed by atoms with Crippen molar-refractivity contribution < 1.29 is 14.3 Å². The number of rotatable bonds is 3. The summed E-state index contributed by atoms with van der Waals surface area (Å²) in [4.78, 5) is 15.3. The molecule has 3 aromatic rings. The van der Waals surface area contributed by atoms with Crippen molar-refractivity contribution in [3.05, 3.63) is 82.6 Å². The van der Waals surface area contributed by atoms with Gasteiger partial charge in [0.15, 0.2) is 11.5 Å². The lowest BCUT2D eigenvalue weighted by Crippen LogP contribution is -2.43. The van der Waals surface area contributed by atoms with E-state index in [0.29, 0.717) is 36.3 Å². The van der Waals surface area contributed by atoms with Gasteiger partial charge in [-0.25, -0.2) is 0 Å². The van der Waals surface area contributed by atoms with Crippen LogP contribution in [0.4, 0.5) is 0 Å². The molecule has 0 saturated carbocycles. The minimum atomic E-state index is -0.0971. The summed E-state index contributed by atoms with van der Waals surface area (Å²) >= 11 is 6.36. The summed E-state index contributed by atoms with van der Waals surface area (Å²) in [5, 5.41) is 0.483. The van der Waals surface area contributed by atoms with Gasteiger partial charge in [-0.3, -0.25) is 4.79 Å². The molecule has 1 atom stereocenters. The Labute approximate surface area is 174 Å². The van der Waals surface area contributed by atoms with Crippen molar-refractivity contribution in [3.8, 4) is 11.5 Å². The zero-order chi connectivity index (χ0) is 19.8. The molecule has 1 unspecified atom stereocenters. The summed E-state index contributed by atoms with van der Waals surface area (Å²) in [7, 11) is 0. The van der Waals surface area contributed by atoms with Crippen LogP contribution in [0.5, 0.6) is 11.5 Å². The number of benzene rings is 2. The normalized spacial score (nSPS) is 17.7. The number of amides is 1. The summed E-state index contributed by atoms with van der Waals surface area (Å²) in [6, 6.07) is 17.9. The zero-order valence-corrected chi connectivity index (χ0v) is 16.6. The Hall–Kier alpha value is -2.92. The lowest BCUT2D eigenvalue weighted by Gasteiger charge is -2.37. The van der Waals surface area contributed by atoms with Gasteiger partial charge in [-0.05, 0) is 35.4 Å². The second-order valence-electron chi connectivity index (χ2n) is 7.31. The number of carbonyl (C=O) groups is 1. The Kier molecular flexibility index (Phi) is 4.68. The highest BCUT2D eigenvalue weighted by Gasteiger charge is 2.32. The lowest BCUT2D eigenvalue weighted by atomic mass is 9.99. The molecule has 1 aromatic heterocycles. The maximum absolute atomic E-state index is 13.4. The van der Waals surface area contributed by atoms with Gasteiger partial charge < -0.3 is 18.9 Å². The molecule has 29 heavy (non-hydrogen) atoms. The van der Waals surface area contributed by atoms with Gasteiger partial charge in [0.1, 0.15) is 13.2 Å². The maximum Gasteiger partial charge on any atom is 0.227 e. The molecule has 6 heteroatoms. The lowest BCUT2D eigenvalue weighted by molar-refractivity contribution is -0.133. The summed E-state index contributed by atoms with van der Waals surface area (Å²) in [6.07, 6.45) is 2.34. The predicted molar refractivity (Wildman–Crippen MR) is 111 cm³/mol. The highest BCUT2D eigenvalue weighted by atomic mass is 35.5. The number of fused-ring (bicyclic) bond motifs is 2. The van der Waals surface area contributed by atoms with Gasteiger partial charge >= 0.3 is 0 Å². The van der Waals surface area contributed by atoms with E-state index < -0.39 is 0 Å². The maximum atomic E-state index is 13.4. The van der Waals surface area contributed by atoms with Crippen LogP contribution in [0.3, 0.4) is 0 Å². The Morgan fingerprint density at radius 2 is 1.86 bits per heavy atom. The van der Waals surface area contributed by atoms with Gasteiger partial charge in [0.05, 0.1) is 17.5 Å². The van der Waals surface area contributed by atoms with Crippen LogP contribution in [-0.4, -0.2) is 35.1 Å². The Morgan fingerprint density at radius 1 is 1.03 bits per heavy atom. The molecule has 1 amide bonds. The Bertz CT molecular complexity index is 1050. The number of carbonyl (C=O) groups excluding carboxylic acids is 1. The first-order valence-corrected chi connectivity index (χ1v) is 10.2. The highest BCUT2D eigenvalue weighted by molar-refractivity contribution is 6.32. The van der Waals surface area contributed by atoms with Crippen LogP contribution in [0.1, 0.15) is 22.9 Å². The number of hydrogen-bond acceptors (Lipinski definition) is 3. The van der Waals surface area contributed by atoms with Gasteiger partial charge in [0.25, 0.3) is 0 Å². The van der Waals surface area contributed by atoms with Crippen molar-refractivity contribution in [2.45, 2.75) is 19.0 Å². The van der Waals surface area contributed by atoms with E-state index >= 15 is 0 Å². The molecule has 2 aromatic carbocycles. The van der Waals surface area contributed by atoms with Gasteiger partial charge in [-0.15, -0.1) is 0 Å². The van der Waals surface area contributed by atoms with Gasteiger partial charge in [0, 0.05) is 25.0 Å². The van der Waals surface area contributed by atoms with Crippen LogP contribution in [0.15, 0.2) is 60.8 Å². The minimum Gasteiger partial charge on any atom is -0.486 e. The summed E-state index contributed by atoms with van der Waals surface area (Å²) in [5.41, 5.74) is 3.08. The molecule has 0 fully saturated rings. The molecule has 148 valence electrons. The first-order chi connectivity index (χ1) is 14.2. The van der Waals surface area contributed by atoms with Crippen LogP contribution in [0, 0.1) is 0 Å². The molecule has 5 nitrogen and oxygen atoms in total. The summed E-state index contributed by atoms with van der Waals surface area (Å²) < 4.78 is 13.5. The molecular weight excluding hydrogens is 388 g/mol. The van der Waals surface area contributed by atoms with Crippen molar-refractivity contribution in [1.29, 1.82) is 0 Å². The molecule has 2 aliphatic rings. The topological polar surface area (TPSA) is 43.7 Å². The van der Waals surface area contributed by atoms with Crippen molar-refractivity contribution in [1.82, 2.24) is 9.47 Å². The SMILES string of the molecule is O=C(Cc1cc(Cl)c2c(c1)OCCO2)N1CCn2cccc2C1c1ccccc1. The fraction of sp³-hybridized carbons (Fsp3) is 0.261. The van der Waals surface area contributed by atoms with Crippen molar-refractivity contribution in [3.63, 3.8) is 0 Å². The molecule has 0 spiro atoms. The van der Waals surface area contributed by atoms with E-state index in [4.69, 9.17) is 21.1 Å². The van der Waals surface area contributed by atoms with Gasteiger partial charge in [-0.1, -0.05) is 41.9 Å². The van der Waals surface area contributed by atoms with Crippen LogP contribution < -0.4 is 9.47 Å². The van der Waals surface area contributed by atoms with Crippen LogP contribution in [0.25, 0.3) is 0 Å². The van der Waals surface area contributed by atoms with Gasteiger partial charge in [0.2, 0.25) is 5.91 Å². The second-order valence-corrected chi connectivity index (χ2v) is 7.71. The second kappa shape index (κ2) is 7.48. The highest BCUT2D eigenvalue weighted by Crippen LogP contribution is 2.39. The van der Waals surface area contributed by atoms with Crippen molar-refractivity contribution in [2.24, 2.45) is 0 Å². The molecule has 0 saturated heterocycles. The fourth-order valence-electron chi connectivity index (χ4n) is 4.18. The molecule has 0 bridgehead atoms. The first kappa shape index (κ1) is 18.1. The Balaban J connectivity index is 1.45. The molecule has 5 rings (SSSR count). The first-order valence-electron chi connectivity index (χ1n) is 9.78. The van der Waals surface area contributed by atoms with Crippen LogP contribution >= 0.6 is 11.6 Å². The van der Waals surface area contributed by atoms with E-state index in [1.807, 2.05) is 35.2 Å². The molecule has 0 N–H and O–H groups in total. The summed E-state index contributed by atoms with van der Waals surface area (Å²) in [6.45, 7) is 2.43. The number of aromatic nitrogens is 1. The standard InChI is InChI=1S/C23H21ClN2O3/c24-18-13-16(14-20-23(18)29-12-11-28-20)15-21(27)26-10-9-25-8-4-7-19(25)22(26)17-5-2-1-3-6-17/h1-8,13-14,22H,9-12,15H2. The van der Waals surface area contributed by atoms with E-state index in [1.165, 1.54) is 0 Å². The van der Waals surface area contributed by atoms with Crippen LogP contribution in [-0.2, 0) is 17.8 Å². The third-order valence-electron chi connectivity index (χ3n) is 5.49. The summed E-state index contributed by atoms with van der Waals surface area (Å²) in [5.74, 6) is 1.24. The number of hydrogen-bond donors (Lipinski definition) is 0. The molecule has 2 aliphatic heterocycles. The molecule has 0 aliphatic carbocycles. The third-order valence-corrected chi connectivity index (χ3v) is 5.77. The monoisotopic (exact) mass is 408 g/mol. The van der Waals surface area contributed by atoms with E-state index in [-0.39, 0.29) is 18.4 Å². The average Bonchev–Trinajstić information content (AvgIpc) is 3.22. The van der Waals surface area contributed by atoms with Crippen molar-refractivity contribution >= 4 is 17.5 Å². The molecule has 3 heterocycles. The third kappa shape index (κ3) is 3.36. The number of halogens is 1. The molecule has 0 radical (unpaired) electrons. The average molecular weight is 409 g/mol. The van der Waals surface area contributed by atoms with E-state index in [9.17, 15) is 4.79 Å². The smallest absolute Gasteiger partial charge is 0.227 e. The van der Waals surface area contributed by atoms with Crippen LogP contribution in [0.2, 0.25) is 5.02 Å². The predicted octanol–water partition coefficient (Wildman–Crippen LogP) is 4.09. The molecular formula is C23H21ClN2O3. The van der Waals surface area contributed by atoms with Gasteiger partial charge in [-0.2, -0.15) is 0 Å². The fourth-order valence-corrected chi connectivity index (χ4v) is 4.47. The largest absolute Gasteiger partial charge is 0.486 e. The Morgan fingerprint density at radius 3 is 2.72 bits per heavy atom. The number of nitrogens with zero attached hydrogens (tertiary/aromatic N) is 2. The van der Waals surface area contributed by atoms with E-state index in [2.05, 4.69) is 29.0 Å². The van der Waals surface area contributed by atoms with E-state index in [0.717, 1.165) is 23.4 Å². The van der Waals surface area contributed by atoms with E-state index in [1.54, 1.807) is 6.07 Å². The minimum absolute atomic E-state index is 0.0686. The quantitative estimate of drug-likeness (QED) is 0.655. The zero-order valence-electron chi connectivity index (χ0n) is 15.9. The van der Waals surface area contributed by atoms with Crippen molar-refractivity contribution in [2.75, 3.05) is 19.8 Å².